The Bertz CT molecular complexity index is 991. The van der Waals surface area contributed by atoms with Crippen molar-refractivity contribution in [3.05, 3.63) is 30.0 Å². The van der Waals surface area contributed by atoms with Gasteiger partial charge in [-0.2, -0.15) is 8.42 Å². The molecule has 0 unspecified atom stereocenters. The molecule has 12 heteroatoms. The SMILES string of the molecule is O=C(On1c(O)cc(S(=O)(=O)O)c1O)C1CCC(=CN2C(=O)C=CC2=O)CC1. The molecule has 2 aliphatic rings. The van der Waals surface area contributed by atoms with E-state index in [1.54, 1.807) is 0 Å². The molecule has 1 fully saturated rings. The second-order valence-corrected chi connectivity index (χ2v) is 7.70. The molecule has 1 aliphatic carbocycles. The maximum Gasteiger partial charge on any atom is 0.336 e. The van der Waals surface area contributed by atoms with Gasteiger partial charge in [0.25, 0.3) is 27.8 Å². The largest absolute Gasteiger partial charge is 0.492 e. The van der Waals surface area contributed by atoms with Gasteiger partial charge in [0, 0.05) is 24.4 Å². The Morgan fingerprint density at radius 3 is 2.21 bits per heavy atom. The van der Waals surface area contributed by atoms with Crippen LogP contribution in [0.4, 0.5) is 0 Å². The average Bonchev–Trinajstić information content (AvgIpc) is 3.09. The van der Waals surface area contributed by atoms with E-state index >= 15 is 0 Å². The Balaban J connectivity index is 1.64. The number of amides is 2. The lowest BCUT2D eigenvalue weighted by Crippen LogP contribution is -2.29. The van der Waals surface area contributed by atoms with Crippen molar-refractivity contribution >= 4 is 27.9 Å². The standard InChI is InChI=1S/C16H16N2O9S/c19-12-5-6-13(20)17(12)8-9-1-3-10(4-2-9)16(23)27-18-14(21)7-11(15(18)22)28(24,25)26/h5-8,10,21-22H,1-4H2,(H,24,25,26). The van der Waals surface area contributed by atoms with Gasteiger partial charge in [0.2, 0.25) is 5.88 Å². The van der Waals surface area contributed by atoms with Crippen LogP contribution in [0, 0.1) is 5.92 Å². The van der Waals surface area contributed by atoms with Gasteiger partial charge in [0.1, 0.15) is 0 Å². The van der Waals surface area contributed by atoms with Crippen LogP contribution in [0.25, 0.3) is 0 Å². The second kappa shape index (κ2) is 7.13. The van der Waals surface area contributed by atoms with E-state index in [4.69, 9.17) is 9.39 Å². The molecule has 2 heterocycles. The summed E-state index contributed by atoms with van der Waals surface area (Å²) < 4.78 is 31.4. The Morgan fingerprint density at radius 2 is 1.71 bits per heavy atom. The van der Waals surface area contributed by atoms with Crippen LogP contribution in [0.15, 0.2) is 34.9 Å². The van der Waals surface area contributed by atoms with Gasteiger partial charge in [0.15, 0.2) is 4.90 Å². The van der Waals surface area contributed by atoms with E-state index in [0.717, 1.165) is 10.5 Å². The third-order valence-corrected chi connectivity index (χ3v) is 5.31. The van der Waals surface area contributed by atoms with Gasteiger partial charge >= 0.3 is 5.97 Å². The lowest BCUT2D eigenvalue weighted by atomic mass is 9.86. The van der Waals surface area contributed by atoms with Crippen molar-refractivity contribution in [3.63, 3.8) is 0 Å². The summed E-state index contributed by atoms with van der Waals surface area (Å²) in [6, 6.07) is 0.539. The van der Waals surface area contributed by atoms with E-state index in [2.05, 4.69) is 0 Å². The number of aromatic nitrogens is 1. The fourth-order valence-corrected chi connectivity index (χ4v) is 3.54. The summed E-state index contributed by atoms with van der Waals surface area (Å²) in [5, 5.41) is 19.4. The molecule has 0 saturated heterocycles. The van der Waals surface area contributed by atoms with Gasteiger partial charge in [-0.1, -0.05) is 5.57 Å². The molecule has 0 aromatic carbocycles. The summed E-state index contributed by atoms with van der Waals surface area (Å²) in [5.74, 6) is -4.33. The zero-order valence-electron chi connectivity index (χ0n) is 14.3. The normalized spacial score (nSPS) is 20.0. The molecule has 0 bridgehead atoms. The highest BCUT2D eigenvalue weighted by molar-refractivity contribution is 7.86. The van der Waals surface area contributed by atoms with Crippen LogP contribution in [0.3, 0.4) is 0 Å². The van der Waals surface area contributed by atoms with Gasteiger partial charge < -0.3 is 15.1 Å². The number of hydrogen-bond donors (Lipinski definition) is 3. The summed E-state index contributed by atoms with van der Waals surface area (Å²) in [6.45, 7) is 0. The topological polar surface area (TPSA) is 163 Å². The van der Waals surface area contributed by atoms with Gasteiger partial charge in [-0.25, -0.2) is 4.79 Å². The molecule has 3 rings (SSSR count). The average molecular weight is 412 g/mol. The number of nitrogens with zero attached hydrogens (tertiary/aromatic N) is 2. The second-order valence-electron chi connectivity index (χ2n) is 6.31. The lowest BCUT2D eigenvalue weighted by Gasteiger charge is -2.23. The molecule has 11 nitrogen and oxygen atoms in total. The Kier molecular flexibility index (Phi) is 5.00. The van der Waals surface area contributed by atoms with Crippen LogP contribution >= 0.6 is 0 Å². The maximum absolute atomic E-state index is 12.3. The Labute approximate surface area is 158 Å². The van der Waals surface area contributed by atoms with Crippen LogP contribution in [-0.2, 0) is 24.5 Å². The highest BCUT2D eigenvalue weighted by Gasteiger charge is 2.30. The van der Waals surface area contributed by atoms with Crippen LogP contribution in [0.5, 0.6) is 11.8 Å². The first-order valence-electron chi connectivity index (χ1n) is 8.16. The van der Waals surface area contributed by atoms with E-state index in [0.29, 0.717) is 31.7 Å². The molecular formula is C16H16N2O9S. The van der Waals surface area contributed by atoms with E-state index in [9.17, 15) is 33.0 Å². The van der Waals surface area contributed by atoms with Crippen LogP contribution in [0.2, 0.25) is 0 Å². The number of carbonyl (C=O) groups is 3. The minimum Gasteiger partial charge on any atom is -0.492 e. The summed E-state index contributed by atoms with van der Waals surface area (Å²) in [5.41, 5.74) is 0.801. The van der Waals surface area contributed by atoms with Gasteiger partial charge in [-0.3, -0.25) is 19.0 Å². The lowest BCUT2D eigenvalue weighted by molar-refractivity contribution is -0.151. The fourth-order valence-electron chi connectivity index (χ4n) is 2.97. The van der Waals surface area contributed by atoms with Crippen LogP contribution < -0.4 is 4.84 Å². The van der Waals surface area contributed by atoms with Crippen molar-refractivity contribution in [1.29, 1.82) is 0 Å². The first-order chi connectivity index (χ1) is 13.1. The van der Waals surface area contributed by atoms with E-state index in [1.165, 1.54) is 18.4 Å². The van der Waals surface area contributed by atoms with E-state index < -0.39 is 50.5 Å². The minimum absolute atomic E-state index is 0.212. The molecule has 3 N–H and O–H groups in total. The summed E-state index contributed by atoms with van der Waals surface area (Å²) in [7, 11) is -4.82. The summed E-state index contributed by atoms with van der Waals surface area (Å²) in [6.07, 6.45) is 5.25. The number of aromatic hydroxyl groups is 2. The minimum atomic E-state index is -4.82. The number of rotatable bonds is 4. The highest BCUT2D eigenvalue weighted by atomic mass is 32.2. The quantitative estimate of drug-likeness (QED) is 0.459. The fraction of sp³-hybridized carbons (Fsp3) is 0.312. The van der Waals surface area contributed by atoms with Gasteiger partial charge in [-0.15, -0.1) is 4.73 Å². The van der Waals surface area contributed by atoms with Crippen molar-refractivity contribution in [2.45, 2.75) is 30.6 Å². The third kappa shape index (κ3) is 3.77. The van der Waals surface area contributed by atoms with Gasteiger partial charge in [-0.05, 0) is 25.7 Å². The molecule has 1 aliphatic heterocycles. The zero-order chi connectivity index (χ0) is 20.6. The molecule has 0 radical (unpaired) electrons. The van der Waals surface area contributed by atoms with E-state index in [1.807, 2.05) is 0 Å². The van der Waals surface area contributed by atoms with Crippen molar-refractivity contribution in [1.82, 2.24) is 9.63 Å². The predicted molar refractivity (Wildman–Crippen MR) is 90.2 cm³/mol. The molecule has 0 atom stereocenters. The number of allylic oxidation sites excluding steroid dienone is 1. The molecule has 2 amide bonds. The Morgan fingerprint density at radius 1 is 1.14 bits per heavy atom. The molecule has 0 spiro atoms. The highest BCUT2D eigenvalue weighted by Crippen LogP contribution is 2.32. The monoisotopic (exact) mass is 412 g/mol. The summed E-state index contributed by atoms with van der Waals surface area (Å²) in [4.78, 5) is 40.2. The first-order valence-corrected chi connectivity index (χ1v) is 9.60. The number of hydrogen-bond acceptors (Lipinski definition) is 8. The molecule has 28 heavy (non-hydrogen) atoms. The van der Waals surface area contributed by atoms with Crippen LogP contribution in [-0.4, -0.2) is 50.6 Å². The van der Waals surface area contributed by atoms with Crippen LogP contribution in [0.1, 0.15) is 25.7 Å². The Hall–Kier alpha value is -3.12. The third-order valence-electron chi connectivity index (χ3n) is 4.46. The molecular weight excluding hydrogens is 396 g/mol. The summed E-state index contributed by atoms with van der Waals surface area (Å²) >= 11 is 0. The number of carbonyl (C=O) groups excluding carboxylic acids is 3. The first kappa shape index (κ1) is 19.6. The predicted octanol–water partition coefficient (Wildman–Crippen LogP) is 0.100. The van der Waals surface area contributed by atoms with E-state index in [-0.39, 0.29) is 4.73 Å². The van der Waals surface area contributed by atoms with Crippen molar-refractivity contribution in [2.24, 2.45) is 5.92 Å². The zero-order valence-corrected chi connectivity index (χ0v) is 15.1. The number of imide groups is 1. The van der Waals surface area contributed by atoms with Gasteiger partial charge in [0.05, 0.1) is 5.92 Å². The maximum atomic E-state index is 12.3. The molecule has 1 aromatic heterocycles. The molecule has 1 aromatic rings. The molecule has 1 saturated carbocycles. The van der Waals surface area contributed by atoms with Crippen molar-refractivity contribution < 1.29 is 42.4 Å². The van der Waals surface area contributed by atoms with Crippen molar-refractivity contribution in [3.8, 4) is 11.8 Å². The molecule has 150 valence electrons. The van der Waals surface area contributed by atoms with Crippen molar-refractivity contribution in [2.75, 3.05) is 0 Å². The smallest absolute Gasteiger partial charge is 0.336 e.